The average Bonchev–Trinajstić information content (AvgIpc) is 2.65. The first kappa shape index (κ1) is 24.4. The lowest BCUT2D eigenvalue weighted by Crippen LogP contribution is -2.42. The smallest absolute Gasteiger partial charge is 0.305 e. The molecule has 2 rings (SSSR count). The van der Waals surface area contributed by atoms with Crippen molar-refractivity contribution in [3.63, 3.8) is 0 Å². The van der Waals surface area contributed by atoms with Crippen molar-refractivity contribution in [2.24, 2.45) is 11.3 Å². The summed E-state index contributed by atoms with van der Waals surface area (Å²) in [4.78, 5) is 25.3. The summed E-state index contributed by atoms with van der Waals surface area (Å²) in [6, 6.07) is 6.03. The summed E-state index contributed by atoms with van der Waals surface area (Å²) < 4.78 is 0. The molecule has 1 aliphatic rings. The summed E-state index contributed by atoms with van der Waals surface area (Å²) in [7, 11) is 0. The number of nitrogens with zero attached hydrogens (tertiary/aromatic N) is 1. The first-order chi connectivity index (χ1) is 13.9. The zero-order valence-electron chi connectivity index (χ0n) is 18.7. The van der Waals surface area contributed by atoms with E-state index in [9.17, 15) is 14.7 Å². The Hall–Kier alpha value is -1.85. The number of carboxylic acids is 1. The van der Waals surface area contributed by atoms with Gasteiger partial charge in [-0.1, -0.05) is 58.4 Å². The number of carbonyl (C=O) groups is 2. The van der Waals surface area contributed by atoms with Crippen molar-refractivity contribution >= 4 is 23.5 Å². The minimum Gasteiger partial charge on any atom is -0.481 e. The molecule has 2 N–H and O–H groups in total. The second-order valence-corrected chi connectivity index (χ2v) is 10.0. The lowest BCUT2D eigenvalue weighted by atomic mass is 9.68. The van der Waals surface area contributed by atoms with Crippen LogP contribution in [0.1, 0.15) is 65.0 Å². The molecule has 0 aliphatic carbocycles. The second-order valence-electron chi connectivity index (χ2n) is 9.61. The summed E-state index contributed by atoms with van der Waals surface area (Å²) in [6.07, 6.45) is 3.65. The van der Waals surface area contributed by atoms with E-state index in [0.717, 1.165) is 29.5 Å². The number of aliphatic carboxylic acids is 1. The molecule has 0 fully saturated rings. The molecule has 1 aromatic rings. The minimum absolute atomic E-state index is 0.0744. The van der Waals surface area contributed by atoms with E-state index < -0.39 is 11.4 Å². The molecule has 0 unspecified atom stereocenters. The number of hydrogen-bond donors (Lipinski definition) is 2. The van der Waals surface area contributed by atoms with Gasteiger partial charge in [0.15, 0.2) is 0 Å². The summed E-state index contributed by atoms with van der Waals surface area (Å²) >= 11 is 6.62. The molecule has 0 aromatic heterocycles. The number of carbonyl (C=O) groups excluding carboxylic acids is 1. The van der Waals surface area contributed by atoms with E-state index in [4.69, 9.17) is 16.7 Å². The summed E-state index contributed by atoms with van der Waals surface area (Å²) in [6.45, 7) is 10.6. The highest BCUT2D eigenvalue weighted by Gasteiger charge is 2.40. The Bertz CT molecular complexity index is 830. The van der Waals surface area contributed by atoms with E-state index in [-0.39, 0.29) is 43.2 Å². The molecule has 0 spiro atoms. The normalized spacial score (nSPS) is 19.9. The van der Waals surface area contributed by atoms with Crippen LogP contribution < -0.4 is 0 Å². The highest BCUT2D eigenvalue weighted by Crippen LogP contribution is 2.43. The van der Waals surface area contributed by atoms with Crippen molar-refractivity contribution < 1.29 is 19.8 Å². The Balaban J connectivity index is 2.34. The number of halogens is 1. The molecular weight excluding hydrogens is 402 g/mol. The fourth-order valence-corrected chi connectivity index (χ4v) is 4.27. The molecular formula is C24H34ClNO4. The number of amides is 1. The van der Waals surface area contributed by atoms with Crippen LogP contribution in [-0.2, 0) is 21.4 Å². The summed E-state index contributed by atoms with van der Waals surface area (Å²) in [5.74, 6) is -0.797. The van der Waals surface area contributed by atoms with Gasteiger partial charge in [0.05, 0.1) is 6.42 Å². The molecule has 1 atom stereocenters. The Morgan fingerprint density at radius 1 is 1.33 bits per heavy atom. The van der Waals surface area contributed by atoms with E-state index in [2.05, 4.69) is 20.8 Å². The standard InChI is InChI=1S/C24H34ClNO4/c1-16(2)19-14-26(11-9-22(29)30)21(28)13-24(19,5)18-7-6-17(20(25)12-18)8-10-23(3,4)15-27/h6-7,12,14,16,27H,8-11,13,15H2,1-5H3,(H,29,30)/t24-/m0/s1. The average molecular weight is 436 g/mol. The first-order valence-electron chi connectivity index (χ1n) is 10.5. The van der Waals surface area contributed by atoms with Crippen molar-refractivity contribution in [3.05, 3.63) is 46.1 Å². The first-order valence-corrected chi connectivity index (χ1v) is 10.9. The van der Waals surface area contributed by atoms with Gasteiger partial charge in [0, 0.05) is 36.2 Å². The maximum Gasteiger partial charge on any atom is 0.305 e. The monoisotopic (exact) mass is 435 g/mol. The Labute approximate surface area is 184 Å². The maximum atomic E-state index is 12.8. The predicted octanol–water partition coefficient (Wildman–Crippen LogP) is 4.80. The van der Waals surface area contributed by atoms with Gasteiger partial charge in [-0.05, 0) is 46.9 Å². The Kier molecular flexibility index (Phi) is 7.75. The summed E-state index contributed by atoms with van der Waals surface area (Å²) in [5, 5.41) is 19.1. The predicted molar refractivity (Wildman–Crippen MR) is 119 cm³/mol. The van der Waals surface area contributed by atoms with Gasteiger partial charge in [0.1, 0.15) is 0 Å². The number of hydrogen-bond acceptors (Lipinski definition) is 3. The van der Waals surface area contributed by atoms with E-state index in [1.165, 1.54) is 4.90 Å². The third kappa shape index (κ3) is 5.64. The number of aryl methyl sites for hydroxylation is 1. The van der Waals surface area contributed by atoms with Gasteiger partial charge in [-0.3, -0.25) is 9.59 Å². The van der Waals surface area contributed by atoms with Gasteiger partial charge < -0.3 is 15.1 Å². The molecule has 166 valence electrons. The molecule has 1 amide bonds. The molecule has 0 radical (unpaired) electrons. The van der Waals surface area contributed by atoms with Crippen LogP contribution in [0.25, 0.3) is 0 Å². The van der Waals surface area contributed by atoms with E-state index in [1.54, 1.807) is 0 Å². The Morgan fingerprint density at radius 3 is 2.53 bits per heavy atom. The second kappa shape index (κ2) is 9.52. The number of aliphatic hydroxyl groups excluding tert-OH is 1. The van der Waals surface area contributed by atoms with Gasteiger partial charge in [-0.2, -0.15) is 0 Å². The van der Waals surface area contributed by atoms with Crippen molar-refractivity contribution in [2.75, 3.05) is 13.2 Å². The molecule has 1 aromatic carbocycles. The molecule has 5 nitrogen and oxygen atoms in total. The molecule has 1 aliphatic heterocycles. The molecule has 0 saturated heterocycles. The molecule has 0 bridgehead atoms. The highest BCUT2D eigenvalue weighted by atomic mass is 35.5. The van der Waals surface area contributed by atoms with Crippen LogP contribution in [0.4, 0.5) is 0 Å². The van der Waals surface area contributed by atoms with Gasteiger partial charge >= 0.3 is 5.97 Å². The van der Waals surface area contributed by atoms with Gasteiger partial charge in [-0.25, -0.2) is 0 Å². The van der Waals surface area contributed by atoms with Crippen LogP contribution in [0.15, 0.2) is 30.0 Å². The van der Waals surface area contributed by atoms with Gasteiger partial charge in [0.2, 0.25) is 5.91 Å². The van der Waals surface area contributed by atoms with E-state index >= 15 is 0 Å². The number of carboxylic acid groups (broad SMARTS) is 1. The van der Waals surface area contributed by atoms with E-state index in [0.29, 0.717) is 5.02 Å². The number of benzene rings is 1. The summed E-state index contributed by atoms with van der Waals surface area (Å²) in [5.41, 5.74) is 2.47. The van der Waals surface area contributed by atoms with Crippen LogP contribution in [-0.4, -0.2) is 40.1 Å². The molecule has 1 heterocycles. The van der Waals surface area contributed by atoms with E-state index in [1.807, 2.05) is 38.2 Å². The largest absolute Gasteiger partial charge is 0.481 e. The minimum atomic E-state index is -0.914. The molecule has 30 heavy (non-hydrogen) atoms. The van der Waals surface area contributed by atoms with Gasteiger partial charge in [0.25, 0.3) is 0 Å². The number of rotatable bonds is 9. The van der Waals surface area contributed by atoms with Crippen LogP contribution in [0.5, 0.6) is 0 Å². The zero-order chi connectivity index (χ0) is 22.7. The Morgan fingerprint density at radius 2 is 2.00 bits per heavy atom. The van der Waals surface area contributed by atoms with Crippen LogP contribution >= 0.6 is 11.6 Å². The third-order valence-corrected chi connectivity index (χ3v) is 6.49. The number of allylic oxidation sites excluding steroid dienone is 1. The van der Waals surface area contributed by atoms with Crippen molar-refractivity contribution in [2.45, 2.75) is 65.7 Å². The zero-order valence-corrected chi connectivity index (χ0v) is 19.4. The third-order valence-electron chi connectivity index (χ3n) is 6.14. The molecule has 6 heteroatoms. The quantitative estimate of drug-likeness (QED) is 0.584. The van der Waals surface area contributed by atoms with Crippen LogP contribution in [0.2, 0.25) is 5.02 Å². The maximum absolute atomic E-state index is 12.8. The fourth-order valence-electron chi connectivity index (χ4n) is 3.99. The fraction of sp³-hybridized carbons (Fsp3) is 0.583. The lowest BCUT2D eigenvalue weighted by Gasteiger charge is -2.41. The number of aliphatic hydroxyl groups is 1. The topological polar surface area (TPSA) is 77.8 Å². The van der Waals surface area contributed by atoms with Crippen LogP contribution in [0.3, 0.4) is 0 Å². The highest BCUT2D eigenvalue weighted by molar-refractivity contribution is 6.31. The van der Waals surface area contributed by atoms with Crippen molar-refractivity contribution in [1.82, 2.24) is 4.90 Å². The van der Waals surface area contributed by atoms with Crippen molar-refractivity contribution in [1.29, 1.82) is 0 Å². The van der Waals surface area contributed by atoms with Crippen molar-refractivity contribution in [3.8, 4) is 0 Å². The lowest BCUT2D eigenvalue weighted by molar-refractivity contribution is -0.138. The van der Waals surface area contributed by atoms with Gasteiger partial charge in [-0.15, -0.1) is 0 Å². The van der Waals surface area contributed by atoms with Crippen LogP contribution in [0, 0.1) is 11.3 Å². The molecule has 0 saturated carbocycles. The SMILES string of the molecule is CC(C)C1=CN(CCC(=O)O)C(=O)C[C@@]1(C)c1ccc(CCC(C)(C)CO)c(Cl)c1.